The second kappa shape index (κ2) is 8.69. The molecule has 1 saturated heterocycles. The van der Waals surface area contributed by atoms with Gasteiger partial charge >= 0.3 is 0 Å². The zero-order valence-electron chi connectivity index (χ0n) is 16.2. The summed E-state index contributed by atoms with van der Waals surface area (Å²) in [6, 6.07) is 10.7. The number of hydrogen-bond acceptors (Lipinski definition) is 4. The zero-order valence-corrected chi connectivity index (χ0v) is 16.2. The van der Waals surface area contributed by atoms with Gasteiger partial charge in [0.15, 0.2) is 0 Å². The van der Waals surface area contributed by atoms with Gasteiger partial charge in [-0.05, 0) is 68.6 Å². The predicted molar refractivity (Wildman–Crippen MR) is 108 cm³/mol. The van der Waals surface area contributed by atoms with Gasteiger partial charge in [0.05, 0.1) is 6.20 Å². The SMILES string of the molecule is O=C(Nc1cccc(CN2CCC(C(=O)NC3CC3)CC2)c1)c1ccc(F)cn1. The summed E-state index contributed by atoms with van der Waals surface area (Å²) in [6.45, 7) is 2.55. The predicted octanol–water partition coefficient (Wildman–Crippen LogP) is 2.96. The number of halogens is 1. The van der Waals surface area contributed by atoms with Crippen molar-refractivity contribution in [3.8, 4) is 0 Å². The topological polar surface area (TPSA) is 74.3 Å². The first-order valence-corrected chi connectivity index (χ1v) is 10.1. The van der Waals surface area contributed by atoms with Crippen LogP contribution in [-0.2, 0) is 11.3 Å². The summed E-state index contributed by atoms with van der Waals surface area (Å²) < 4.78 is 13.0. The minimum atomic E-state index is -0.475. The Morgan fingerprint density at radius 3 is 2.59 bits per heavy atom. The molecule has 6 nitrogen and oxygen atoms in total. The molecule has 0 atom stereocenters. The number of likely N-dealkylation sites (tertiary alicyclic amines) is 1. The molecular formula is C22H25FN4O2. The number of carbonyl (C=O) groups is 2. The second-order valence-electron chi connectivity index (χ2n) is 7.85. The van der Waals surface area contributed by atoms with E-state index in [0.29, 0.717) is 11.7 Å². The first-order valence-electron chi connectivity index (χ1n) is 10.1. The largest absolute Gasteiger partial charge is 0.353 e. The summed E-state index contributed by atoms with van der Waals surface area (Å²) in [4.78, 5) is 30.6. The number of hydrogen-bond donors (Lipinski definition) is 2. The van der Waals surface area contributed by atoms with Crippen molar-refractivity contribution >= 4 is 17.5 Å². The van der Waals surface area contributed by atoms with E-state index < -0.39 is 5.82 Å². The summed E-state index contributed by atoms with van der Waals surface area (Å²) in [6.07, 6.45) is 5.03. The van der Waals surface area contributed by atoms with Crippen LogP contribution in [-0.4, -0.2) is 40.8 Å². The standard InChI is InChI=1S/C22H25FN4O2/c23-17-4-7-20(24-13-17)22(29)26-19-3-1-2-15(12-19)14-27-10-8-16(9-11-27)21(28)25-18-5-6-18/h1-4,7,12-13,16,18H,5-6,8-11,14H2,(H,25,28)(H,26,29). The Morgan fingerprint density at radius 1 is 1.10 bits per heavy atom. The number of nitrogens with one attached hydrogen (secondary N) is 2. The first-order chi connectivity index (χ1) is 14.1. The van der Waals surface area contributed by atoms with Gasteiger partial charge in [0.1, 0.15) is 11.5 Å². The average Bonchev–Trinajstić information content (AvgIpc) is 3.53. The highest BCUT2D eigenvalue weighted by Crippen LogP contribution is 2.24. The van der Waals surface area contributed by atoms with Crippen LogP contribution in [0.2, 0.25) is 0 Å². The molecule has 152 valence electrons. The molecular weight excluding hydrogens is 371 g/mol. The molecule has 1 aromatic carbocycles. The van der Waals surface area contributed by atoms with Crippen molar-refractivity contribution in [2.24, 2.45) is 5.92 Å². The molecule has 2 aliphatic rings. The molecule has 7 heteroatoms. The maximum absolute atomic E-state index is 13.0. The van der Waals surface area contributed by atoms with Crippen LogP contribution in [0.4, 0.5) is 10.1 Å². The van der Waals surface area contributed by atoms with Crippen molar-refractivity contribution in [3.05, 3.63) is 59.7 Å². The Labute approximate surface area is 169 Å². The lowest BCUT2D eigenvalue weighted by atomic mass is 9.95. The molecule has 2 heterocycles. The summed E-state index contributed by atoms with van der Waals surface area (Å²) >= 11 is 0. The van der Waals surface area contributed by atoms with E-state index in [1.54, 1.807) is 0 Å². The van der Waals surface area contributed by atoms with Crippen LogP contribution in [0.5, 0.6) is 0 Å². The maximum atomic E-state index is 13.0. The van der Waals surface area contributed by atoms with Crippen LogP contribution < -0.4 is 10.6 Å². The summed E-state index contributed by atoms with van der Waals surface area (Å²) in [5.41, 5.74) is 1.94. The molecule has 1 aliphatic carbocycles. The molecule has 2 amide bonds. The molecule has 0 bridgehead atoms. The number of pyridine rings is 1. The van der Waals surface area contributed by atoms with Crippen molar-refractivity contribution in [1.29, 1.82) is 0 Å². The van der Waals surface area contributed by atoms with Gasteiger partial charge in [-0.2, -0.15) is 0 Å². The second-order valence-corrected chi connectivity index (χ2v) is 7.85. The maximum Gasteiger partial charge on any atom is 0.274 e. The highest BCUT2D eigenvalue weighted by molar-refractivity contribution is 6.02. The highest BCUT2D eigenvalue weighted by atomic mass is 19.1. The monoisotopic (exact) mass is 396 g/mol. The molecule has 1 aromatic heterocycles. The molecule has 29 heavy (non-hydrogen) atoms. The third-order valence-electron chi connectivity index (χ3n) is 5.43. The fourth-order valence-corrected chi connectivity index (χ4v) is 3.61. The van der Waals surface area contributed by atoms with Gasteiger partial charge in [-0.1, -0.05) is 12.1 Å². The Bertz CT molecular complexity index is 875. The van der Waals surface area contributed by atoms with Crippen LogP contribution >= 0.6 is 0 Å². The molecule has 0 radical (unpaired) electrons. The van der Waals surface area contributed by atoms with Crippen LogP contribution in [0.1, 0.15) is 41.7 Å². The molecule has 2 aromatic rings. The van der Waals surface area contributed by atoms with E-state index in [4.69, 9.17) is 0 Å². The van der Waals surface area contributed by atoms with Gasteiger partial charge < -0.3 is 10.6 Å². The molecule has 2 fully saturated rings. The lowest BCUT2D eigenvalue weighted by Gasteiger charge is -2.31. The first kappa shape index (κ1) is 19.5. The molecule has 0 unspecified atom stereocenters. The Hall–Kier alpha value is -2.80. The quantitative estimate of drug-likeness (QED) is 0.787. The average molecular weight is 396 g/mol. The van der Waals surface area contributed by atoms with E-state index in [1.807, 2.05) is 24.3 Å². The molecule has 4 rings (SSSR count). The van der Waals surface area contributed by atoms with Crippen molar-refractivity contribution < 1.29 is 14.0 Å². The zero-order chi connectivity index (χ0) is 20.2. The Kier molecular flexibility index (Phi) is 5.85. The minimum absolute atomic E-state index is 0.126. The molecule has 1 aliphatic heterocycles. The van der Waals surface area contributed by atoms with Crippen molar-refractivity contribution in [2.45, 2.75) is 38.3 Å². The van der Waals surface area contributed by atoms with Crippen molar-refractivity contribution in [3.63, 3.8) is 0 Å². The number of piperidine rings is 1. The Morgan fingerprint density at radius 2 is 1.90 bits per heavy atom. The van der Waals surface area contributed by atoms with E-state index in [2.05, 4.69) is 20.5 Å². The molecule has 1 saturated carbocycles. The number of rotatable bonds is 6. The smallest absolute Gasteiger partial charge is 0.274 e. The number of benzene rings is 1. The number of anilines is 1. The summed E-state index contributed by atoms with van der Waals surface area (Å²) in [5.74, 6) is -0.506. The highest BCUT2D eigenvalue weighted by Gasteiger charge is 2.29. The normalized spacial score (nSPS) is 17.7. The summed E-state index contributed by atoms with van der Waals surface area (Å²) in [7, 11) is 0. The number of aromatic nitrogens is 1. The van der Waals surface area contributed by atoms with Crippen molar-refractivity contribution in [1.82, 2.24) is 15.2 Å². The lowest BCUT2D eigenvalue weighted by molar-refractivity contribution is -0.126. The third kappa shape index (κ3) is 5.38. The van der Waals surface area contributed by atoms with Gasteiger partial charge in [0, 0.05) is 24.2 Å². The van der Waals surface area contributed by atoms with Crippen LogP contribution in [0.15, 0.2) is 42.6 Å². The van der Waals surface area contributed by atoms with E-state index in [-0.39, 0.29) is 23.4 Å². The van der Waals surface area contributed by atoms with Gasteiger partial charge in [0.2, 0.25) is 5.91 Å². The van der Waals surface area contributed by atoms with E-state index in [9.17, 15) is 14.0 Å². The number of nitrogens with zero attached hydrogens (tertiary/aromatic N) is 2. The van der Waals surface area contributed by atoms with Gasteiger partial charge in [-0.15, -0.1) is 0 Å². The third-order valence-corrected chi connectivity index (χ3v) is 5.43. The fourth-order valence-electron chi connectivity index (χ4n) is 3.61. The van der Waals surface area contributed by atoms with Crippen molar-refractivity contribution in [2.75, 3.05) is 18.4 Å². The fraction of sp³-hybridized carbons (Fsp3) is 0.409. The summed E-state index contributed by atoms with van der Waals surface area (Å²) in [5, 5.41) is 5.91. The van der Waals surface area contributed by atoms with E-state index in [0.717, 1.165) is 57.1 Å². The molecule has 0 spiro atoms. The van der Waals surface area contributed by atoms with Crippen LogP contribution in [0.3, 0.4) is 0 Å². The lowest BCUT2D eigenvalue weighted by Crippen LogP contribution is -2.40. The number of carbonyl (C=O) groups excluding carboxylic acids is 2. The molecule has 2 N–H and O–H groups in total. The van der Waals surface area contributed by atoms with Gasteiger partial charge in [-0.25, -0.2) is 9.37 Å². The van der Waals surface area contributed by atoms with Gasteiger partial charge in [0.25, 0.3) is 5.91 Å². The van der Waals surface area contributed by atoms with Gasteiger partial charge in [-0.3, -0.25) is 14.5 Å². The Balaban J connectivity index is 1.29. The van der Waals surface area contributed by atoms with Crippen LogP contribution in [0.25, 0.3) is 0 Å². The number of amides is 2. The van der Waals surface area contributed by atoms with Crippen LogP contribution in [0, 0.1) is 11.7 Å². The van der Waals surface area contributed by atoms with E-state index >= 15 is 0 Å². The van der Waals surface area contributed by atoms with E-state index in [1.165, 1.54) is 12.1 Å². The minimum Gasteiger partial charge on any atom is -0.353 e.